The molecule has 7 nitrogen and oxygen atoms in total. The fourth-order valence-corrected chi connectivity index (χ4v) is 3.51. The molecule has 0 radical (unpaired) electrons. The third-order valence-corrected chi connectivity index (χ3v) is 5.31. The number of halogens is 4. The van der Waals surface area contributed by atoms with Crippen molar-refractivity contribution >= 4 is 17.5 Å². The summed E-state index contributed by atoms with van der Waals surface area (Å²) in [5.74, 6) is -6.39. The lowest BCUT2D eigenvalue weighted by Crippen LogP contribution is -2.41. The van der Waals surface area contributed by atoms with Gasteiger partial charge in [-0.1, -0.05) is 24.3 Å². The summed E-state index contributed by atoms with van der Waals surface area (Å²) < 4.78 is 58.8. The summed E-state index contributed by atoms with van der Waals surface area (Å²) in [6, 6.07) is 9.91. The highest BCUT2D eigenvalue weighted by molar-refractivity contribution is 5.97. The van der Waals surface area contributed by atoms with Gasteiger partial charge in [-0.3, -0.25) is 4.79 Å². The van der Waals surface area contributed by atoms with E-state index in [1.54, 1.807) is 6.07 Å². The van der Waals surface area contributed by atoms with Crippen LogP contribution in [0.3, 0.4) is 0 Å². The first kappa shape index (κ1) is 23.2. The van der Waals surface area contributed by atoms with Crippen molar-refractivity contribution in [2.24, 2.45) is 0 Å². The summed E-state index contributed by atoms with van der Waals surface area (Å²) in [4.78, 5) is 16.7. The Kier molecular flexibility index (Phi) is 5.96. The number of fused-ring (bicyclic) bond motifs is 1. The van der Waals surface area contributed by atoms with Crippen LogP contribution in [0.4, 0.5) is 23.5 Å². The van der Waals surface area contributed by atoms with E-state index in [1.165, 1.54) is 35.8 Å². The van der Waals surface area contributed by atoms with Crippen LogP contribution in [0.1, 0.15) is 27.6 Å². The number of nitrogen functional groups attached to an aromatic ring is 1. The predicted octanol–water partition coefficient (Wildman–Crippen LogP) is 3.66. The molecule has 0 aliphatic heterocycles. The van der Waals surface area contributed by atoms with Crippen LogP contribution >= 0.6 is 0 Å². The molecule has 0 unspecified atom stereocenters. The summed E-state index contributed by atoms with van der Waals surface area (Å²) in [6.45, 7) is 0.203. The van der Waals surface area contributed by atoms with Crippen molar-refractivity contribution in [1.82, 2.24) is 19.9 Å². The average Bonchev–Trinajstić information content (AvgIpc) is 3.17. The van der Waals surface area contributed by atoms with E-state index in [0.29, 0.717) is 11.2 Å². The number of amides is 1. The van der Waals surface area contributed by atoms with Crippen molar-refractivity contribution in [3.63, 3.8) is 0 Å². The van der Waals surface area contributed by atoms with Gasteiger partial charge in [0.1, 0.15) is 17.7 Å². The van der Waals surface area contributed by atoms with Crippen molar-refractivity contribution in [2.45, 2.75) is 19.0 Å². The highest BCUT2D eigenvalue weighted by Crippen LogP contribution is 2.32. The van der Waals surface area contributed by atoms with Crippen LogP contribution < -0.4 is 11.1 Å². The number of carbonyl (C=O) groups is 1. The molecule has 11 heteroatoms. The number of nitrogens with zero attached hydrogens (tertiary/aromatic N) is 3. The van der Waals surface area contributed by atoms with E-state index in [-0.39, 0.29) is 22.6 Å². The zero-order valence-electron chi connectivity index (χ0n) is 17.8. The Bertz CT molecular complexity index is 1370. The number of rotatable bonds is 6. The van der Waals surface area contributed by atoms with Crippen LogP contribution in [0.5, 0.6) is 0 Å². The Morgan fingerprint density at radius 1 is 1.18 bits per heavy atom. The van der Waals surface area contributed by atoms with Crippen molar-refractivity contribution in [3.05, 3.63) is 83.1 Å². The number of aryl methyl sites for hydroxylation is 1. The Morgan fingerprint density at radius 3 is 2.59 bits per heavy atom. The number of carbonyl (C=O) groups excluding carboxylic acids is 1. The Labute approximate surface area is 190 Å². The summed E-state index contributed by atoms with van der Waals surface area (Å²) >= 11 is 0. The number of pyridine rings is 1. The molecule has 1 amide bonds. The molecule has 1 atom stereocenters. The normalized spacial score (nSPS) is 12.6. The first-order valence-corrected chi connectivity index (χ1v) is 10.1. The van der Waals surface area contributed by atoms with Crippen LogP contribution in [0.15, 0.2) is 54.7 Å². The summed E-state index contributed by atoms with van der Waals surface area (Å²) in [6.07, 6.45) is -0.780. The highest BCUT2D eigenvalue weighted by Gasteiger charge is 2.40. The number of alkyl halides is 2. The van der Waals surface area contributed by atoms with Crippen LogP contribution in [0.2, 0.25) is 0 Å². The number of nitrogens with one attached hydrogen (secondary N) is 1. The Hall–Kier alpha value is -3.99. The number of aliphatic hydroxyl groups excluding tert-OH is 1. The molecular weight excluding hydrogens is 454 g/mol. The second kappa shape index (κ2) is 8.75. The number of aromatic nitrogens is 3. The van der Waals surface area contributed by atoms with E-state index in [4.69, 9.17) is 5.73 Å². The average molecular weight is 473 g/mol. The summed E-state index contributed by atoms with van der Waals surface area (Å²) in [5, 5.41) is 15.9. The molecule has 0 bridgehead atoms. The topological polar surface area (TPSA) is 106 Å². The lowest BCUT2D eigenvalue weighted by Gasteiger charge is -2.23. The molecule has 4 N–H and O–H groups in total. The van der Waals surface area contributed by atoms with E-state index < -0.39 is 41.7 Å². The maximum Gasteiger partial charge on any atom is 0.294 e. The van der Waals surface area contributed by atoms with Gasteiger partial charge in [0.2, 0.25) is 5.95 Å². The molecule has 176 valence electrons. The third-order valence-electron chi connectivity index (χ3n) is 5.31. The highest BCUT2D eigenvalue weighted by atomic mass is 19.3. The van der Waals surface area contributed by atoms with Crippen molar-refractivity contribution in [2.75, 3.05) is 12.3 Å². The summed E-state index contributed by atoms with van der Waals surface area (Å²) in [5.41, 5.74) is 5.94. The van der Waals surface area contributed by atoms with Gasteiger partial charge >= 0.3 is 0 Å². The van der Waals surface area contributed by atoms with Crippen LogP contribution in [-0.2, 0) is 0 Å². The second-order valence-corrected chi connectivity index (χ2v) is 7.70. The molecule has 0 spiro atoms. The molecule has 4 aromatic rings. The zero-order chi connectivity index (χ0) is 24.6. The van der Waals surface area contributed by atoms with Crippen LogP contribution in [0, 0.1) is 18.6 Å². The van der Waals surface area contributed by atoms with Gasteiger partial charge in [-0.15, -0.1) is 5.10 Å². The fourth-order valence-electron chi connectivity index (χ4n) is 3.51. The van der Waals surface area contributed by atoms with E-state index in [0.717, 1.165) is 24.3 Å². The number of benzene rings is 2. The van der Waals surface area contributed by atoms with Gasteiger partial charge < -0.3 is 16.2 Å². The minimum absolute atomic E-state index is 0.0327. The molecule has 4 rings (SSSR count). The zero-order valence-corrected chi connectivity index (χ0v) is 17.8. The van der Waals surface area contributed by atoms with Crippen molar-refractivity contribution < 1.29 is 27.5 Å². The molecule has 0 aliphatic rings. The molecule has 0 fully saturated rings. The number of nitrogens with two attached hydrogens (primary N) is 1. The monoisotopic (exact) mass is 473 g/mol. The summed E-state index contributed by atoms with van der Waals surface area (Å²) in [7, 11) is 0. The minimum atomic E-state index is -3.80. The minimum Gasteiger partial charge on any atom is -0.382 e. The van der Waals surface area contributed by atoms with Gasteiger partial charge in [-0.2, -0.15) is 4.98 Å². The predicted molar refractivity (Wildman–Crippen MR) is 116 cm³/mol. The van der Waals surface area contributed by atoms with E-state index >= 15 is 4.39 Å². The first-order valence-electron chi connectivity index (χ1n) is 10.1. The lowest BCUT2D eigenvalue weighted by atomic mass is 9.98. The smallest absolute Gasteiger partial charge is 0.294 e. The standard InChI is InChI=1S/C23H19F4N5O2/c1-12-2-7-16(14-8-9-32-17(10-14)30-22(28)31-32)19(25)18(12)21(34)29-11-23(26,27)20(33)13-3-5-15(24)6-4-13/h2-10,20,33H,11H2,1H3,(H2,28,31)(H,29,34)/t20-/m1/s1. The Morgan fingerprint density at radius 2 is 1.88 bits per heavy atom. The van der Waals surface area contributed by atoms with Crippen LogP contribution in [0.25, 0.3) is 16.8 Å². The van der Waals surface area contributed by atoms with E-state index in [2.05, 4.69) is 10.1 Å². The third kappa shape index (κ3) is 4.42. The number of hydrogen-bond donors (Lipinski definition) is 3. The van der Waals surface area contributed by atoms with Gasteiger partial charge in [0.05, 0.1) is 12.1 Å². The number of hydrogen-bond acceptors (Lipinski definition) is 5. The maximum atomic E-state index is 15.4. The van der Waals surface area contributed by atoms with Gasteiger partial charge in [-0.25, -0.2) is 22.1 Å². The van der Waals surface area contributed by atoms with E-state index in [1.807, 2.05) is 5.32 Å². The molecular formula is C23H19F4N5O2. The maximum absolute atomic E-state index is 15.4. The van der Waals surface area contributed by atoms with Crippen molar-refractivity contribution in [1.29, 1.82) is 0 Å². The Balaban J connectivity index is 1.57. The van der Waals surface area contributed by atoms with Gasteiger partial charge in [0.25, 0.3) is 11.8 Å². The second-order valence-electron chi connectivity index (χ2n) is 7.70. The van der Waals surface area contributed by atoms with Gasteiger partial charge in [0, 0.05) is 11.8 Å². The largest absolute Gasteiger partial charge is 0.382 e. The quantitative estimate of drug-likeness (QED) is 0.371. The number of aliphatic hydroxyl groups is 1. The molecule has 0 saturated carbocycles. The van der Waals surface area contributed by atoms with Gasteiger partial charge in [0.15, 0.2) is 5.65 Å². The van der Waals surface area contributed by atoms with Crippen molar-refractivity contribution in [3.8, 4) is 11.1 Å². The number of anilines is 1. The molecule has 2 aromatic carbocycles. The molecule has 34 heavy (non-hydrogen) atoms. The van der Waals surface area contributed by atoms with Crippen LogP contribution in [-0.4, -0.2) is 38.1 Å². The molecule has 2 aromatic heterocycles. The SMILES string of the molecule is Cc1ccc(-c2ccn3nc(N)nc3c2)c(F)c1C(=O)NCC(F)(F)[C@H](O)c1ccc(F)cc1. The van der Waals surface area contributed by atoms with E-state index in [9.17, 15) is 23.1 Å². The molecule has 0 saturated heterocycles. The van der Waals surface area contributed by atoms with Gasteiger partial charge in [-0.05, 0) is 47.9 Å². The lowest BCUT2D eigenvalue weighted by molar-refractivity contribution is -0.106. The molecule has 0 aliphatic carbocycles. The molecule has 2 heterocycles. The first-order chi connectivity index (χ1) is 16.1. The fraction of sp³-hybridized carbons (Fsp3) is 0.174.